The molecule has 0 spiro atoms. The van der Waals surface area contributed by atoms with Gasteiger partial charge in [0.2, 0.25) is 5.91 Å². The van der Waals surface area contributed by atoms with Crippen molar-refractivity contribution in [1.29, 1.82) is 0 Å². The van der Waals surface area contributed by atoms with E-state index in [1.54, 1.807) is 0 Å². The second-order valence-electron chi connectivity index (χ2n) is 3.76. The van der Waals surface area contributed by atoms with Gasteiger partial charge in [0, 0.05) is 13.0 Å². The van der Waals surface area contributed by atoms with E-state index >= 15 is 0 Å². The lowest BCUT2D eigenvalue weighted by molar-refractivity contribution is -0.116. The highest BCUT2D eigenvalue weighted by Gasteiger charge is 2.25. The van der Waals surface area contributed by atoms with Gasteiger partial charge in [0.15, 0.2) is 0 Å². The summed E-state index contributed by atoms with van der Waals surface area (Å²) < 4.78 is 5.65. The summed E-state index contributed by atoms with van der Waals surface area (Å²) in [6, 6.07) is 8.27. The molecule has 84 valence electrons. The molecule has 1 unspecified atom stereocenters. The first-order valence-corrected chi connectivity index (χ1v) is 5.41. The summed E-state index contributed by atoms with van der Waals surface area (Å²) in [5.41, 5.74) is 2.64. The minimum Gasteiger partial charge on any atom is -0.371 e. The molecule has 0 fully saturated rings. The molecule has 2 rings (SSSR count). The molecule has 1 N–H and O–H groups in total. The average molecular weight is 217 g/mol. The third kappa shape index (κ3) is 2.31. The van der Waals surface area contributed by atoms with E-state index < -0.39 is 0 Å². The van der Waals surface area contributed by atoms with Gasteiger partial charge < -0.3 is 10.1 Å². The Morgan fingerprint density at radius 1 is 1.56 bits per heavy atom. The van der Waals surface area contributed by atoms with Crippen molar-refractivity contribution in [1.82, 2.24) is 5.32 Å². The molecule has 1 aromatic carbocycles. The summed E-state index contributed by atoms with van der Waals surface area (Å²) in [4.78, 5) is 10.9. The van der Waals surface area contributed by atoms with Crippen molar-refractivity contribution in [2.24, 2.45) is 0 Å². The fraction of sp³-hybridized carbons (Fsp3) is 0.308. The molecule has 0 radical (unpaired) electrons. The van der Waals surface area contributed by atoms with E-state index in [1.807, 2.05) is 12.1 Å². The number of hydrogen-bond acceptors (Lipinski definition) is 2. The lowest BCUT2D eigenvalue weighted by Gasteiger charge is -2.29. The number of rotatable bonds is 5. The Kier molecular flexibility index (Phi) is 3.37. The third-order valence-corrected chi connectivity index (χ3v) is 2.71. The Bertz CT molecular complexity index is 401. The summed E-state index contributed by atoms with van der Waals surface area (Å²) in [5, 5.41) is 2.68. The number of carbonyl (C=O) groups excluding carboxylic acids is 1. The lowest BCUT2D eigenvalue weighted by Crippen LogP contribution is -2.28. The summed E-state index contributed by atoms with van der Waals surface area (Å²) in [7, 11) is 0. The monoisotopic (exact) mass is 217 g/mol. The molecule has 0 saturated heterocycles. The number of fused-ring (bicyclic) bond motifs is 1. The predicted octanol–water partition coefficient (Wildman–Crippen LogP) is 1.60. The Labute approximate surface area is 95.1 Å². The maximum atomic E-state index is 10.9. The van der Waals surface area contributed by atoms with Crippen molar-refractivity contribution in [2.45, 2.75) is 12.5 Å². The maximum absolute atomic E-state index is 10.9. The number of amides is 1. The first kappa shape index (κ1) is 10.9. The van der Waals surface area contributed by atoms with Gasteiger partial charge in [-0.3, -0.25) is 4.79 Å². The van der Waals surface area contributed by atoms with Crippen molar-refractivity contribution in [3.8, 4) is 0 Å². The highest BCUT2D eigenvalue weighted by molar-refractivity contribution is 5.86. The fourth-order valence-corrected chi connectivity index (χ4v) is 1.81. The largest absolute Gasteiger partial charge is 0.371 e. The van der Waals surface area contributed by atoms with Gasteiger partial charge in [-0.25, -0.2) is 0 Å². The van der Waals surface area contributed by atoms with E-state index in [0.29, 0.717) is 13.2 Å². The molecule has 1 aliphatic carbocycles. The SMILES string of the molecule is C=CC(=O)NCCOC1Cc2ccccc21. The van der Waals surface area contributed by atoms with Crippen LogP contribution in [0.4, 0.5) is 0 Å². The van der Waals surface area contributed by atoms with Crippen molar-refractivity contribution < 1.29 is 9.53 Å². The van der Waals surface area contributed by atoms with Crippen molar-refractivity contribution in [3.05, 3.63) is 48.0 Å². The highest BCUT2D eigenvalue weighted by atomic mass is 16.5. The van der Waals surface area contributed by atoms with E-state index in [9.17, 15) is 4.79 Å². The molecule has 0 bridgehead atoms. The van der Waals surface area contributed by atoms with Gasteiger partial charge in [0.05, 0.1) is 12.7 Å². The maximum Gasteiger partial charge on any atom is 0.243 e. The summed E-state index contributed by atoms with van der Waals surface area (Å²) >= 11 is 0. The van der Waals surface area contributed by atoms with Gasteiger partial charge in [0.25, 0.3) is 0 Å². The second kappa shape index (κ2) is 4.94. The van der Waals surface area contributed by atoms with Crippen molar-refractivity contribution in [2.75, 3.05) is 13.2 Å². The summed E-state index contributed by atoms with van der Waals surface area (Å²) in [6.45, 7) is 4.45. The van der Waals surface area contributed by atoms with Crippen LogP contribution in [-0.2, 0) is 16.0 Å². The van der Waals surface area contributed by atoms with E-state index in [0.717, 1.165) is 6.42 Å². The number of hydrogen-bond donors (Lipinski definition) is 1. The molecular formula is C13H15NO2. The number of benzene rings is 1. The molecule has 1 atom stereocenters. The number of ether oxygens (including phenoxy) is 1. The van der Waals surface area contributed by atoms with Crippen LogP contribution in [0.2, 0.25) is 0 Å². The summed E-state index contributed by atoms with van der Waals surface area (Å²) in [5.74, 6) is -0.155. The van der Waals surface area contributed by atoms with Gasteiger partial charge in [0.1, 0.15) is 0 Å². The lowest BCUT2D eigenvalue weighted by atomic mass is 9.85. The molecule has 1 amide bonds. The van der Waals surface area contributed by atoms with E-state index in [2.05, 4.69) is 24.0 Å². The molecule has 16 heavy (non-hydrogen) atoms. The topological polar surface area (TPSA) is 38.3 Å². The van der Waals surface area contributed by atoms with E-state index in [-0.39, 0.29) is 12.0 Å². The second-order valence-corrected chi connectivity index (χ2v) is 3.76. The predicted molar refractivity (Wildman–Crippen MR) is 62.0 cm³/mol. The third-order valence-electron chi connectivity index (χ3n) is 2.71. The first-order valence-electron chi connectivity index (χ1n) is 5.41. The molecule has 0 aliphatic heterocycles. The Morgan fingerprint density at radius 2 is 2.38 bits per heavy atom. The first-order chi connectivity index (χ1) is 7.81. The number of carbonyl (C=O) groups is 1. The van der Waals surface area contributed by atoms with E-state index in [4.69, 9.17) is 4.74 Å². The standard InChI is InChI=1S/C13H15NO2/c1-2-13(15)14-7-8-16-12-9-10-5-3-4-6-11(10)12/h2-6,12H,1,7-9H2,(H,14,15). The number of nitrogens with one attached hydrogen (secondary N) is 1. The highest BCUT2D eigenvalue weighted by Crippen LogP contribution is 2.35. The smallest absolute Gasteiger partial charge is 0.243 e. The zero-order valence-corrected chi connectivity index (χ0v) is 9.11. The molecule has 1 aliphatic rings. The van der Waals surface area contributed by atoms with Crippen molar-refractivity contribution in [3.63, 3.8) is 0 Å². The zero-order chi connectivity index (χ0) is 11.4. The van der Waals surface area contributed by atoms with Crippen LogP contribution in [0.5, 0.6) is 0 Å². The molecule has 3 nitrogen and oxygen atoms in total. The van der Waals surface area contributed by atoms with E-state index in [1.165, 1.54) is 17.2 Å². The van der Waals surface area contributed by atoms with Crippen LogP contribution in [0.25, 0.3) is 0 Å². The zero-order valence-electron chi connectivity index (χ0n) is 9.11. The van der Waals surface area contributed by atoms with Crippen LogP contribution in [0.3, 0.4) is 0 Å². The minimum absolute atomic E-state index is 0.155. The van der Waals surface area contributed by atoms with Gasteiger partial charge in [-0.05, 0) is 17.2 Å². The Balaban J connectivity index is 1.70. The molecule has 1 aromatic rings. The van der Waals surface area contributed by atoms with Crippen LogP contribution < -0.4 is 5.32 Å². The fourth-order valence-electron chi connectivity index (χ4n) is 1.81. The summed E-state index contributed by atoms with van der Waals surface area (Å²) in [6.07, 6.45) is 2.45. The molecule has 3 heteroatoms. The molecule has 0 heterocycles. The van der Waals surface area contributed by atoms with Crippen LogP contribution in [0, 0.1) is 0 Å². The van der Waals surface area contributed by atoms with Gasteiger partial charge >= 0.3 is 0 Å². The Morgan fingerprint density at radius 3 is 3.12 bits per heavy atom. The van der Waals surface area contributed by atoms with Gasteiger partial charge in [-0.2, -0.15) is 0 Å². The minimum atomic E-state index is -0.155. The van der Waals surface area contributed by atoms with Crippen LogP contribution in [0.1, 0.15) is 17.2 Å². The molecular weight excluding hydrogens is 202 g/mol. The van der Waals surface area contributed by atoms with Crippen molar-refractivity contribution >= 4 is 5.91 Å². The van der Waals surface area contributed by atoms with Crippen LogP contribution in [-0.4, -0.2) is 19.1 Å². The average Bonchev–Trinajstić information content (AvgIpc) is 2.29. The quantitative estimate of drug-likeness (QED) is 0.601. The normalized spacial score (nSPS) is 17.1. The van der Waals surface area contributed by atoms with Crippen LogP contribution >= 0.6 is 0 Å². The molecule has 0 saturated carbocycles. The van der Waals surface area contributed by atoms with Gasteiger partial charge in [-0.1, -0.05) is 30.8 Å². The molecule has 0 aromatic heterocycles. The Hall–Kier alpha value is -1.61. The van der Waals surface area contributed by atoms with Crippen LogP contribution in [0.15, 0.2) is 36.9 Å². The van der Waals surface area contributed by atoms with Gasteiger partial charge in [-0.15, -0.1) is 0 Å².